The molecule has 0 aliphatic rings. The van der Waals surface area contributed by atoms with Gasteiger partial charge in [-0.15, -0.1) is 11.8 Å². The summed E-state index contributed by atoms with van der Waals surface area (Å²) in [5, 5.41) is 3.09. The Morgan fingerprint density at radius 3 is 2.65 bits per heavy atom. The zero-order valence-electron chi connectivity index (χ0n) is 9.04. The number of nitrogens with one attached hydrogen (secondary N) is 1. The first-order valence-electron chi connectivity index (χ1n) is 4.80. The minimum Gasteiger partial charge on any atom is -0.356 e. The van der Waals surface area contributed by atoms with Crippen molar-refractivity contribution in [1.82, 2.24) is 10.3 Å². The fourth-order valence-electron chi connectivity index (χ4n) is 1.02. The van der Waals surface area contributed by atoms with Crippen LogP contribution in [0.25, 0.3) is 0 Å². The third kappa shape index (κ3) is 5.08. The van der Waals surface area contributed by atoms with Gasteiger partial charge in [0.1, 0.15) is 0 Å². The van der Waals surface area contributed by atoms with Gasteiger partial charge in [-0.1, -0.05) is 0 Å². The van der Waals surface area contributed by atoms with Gasteiger partial charge in [-0.2, -0.15) is 13.2 Å². The molecule has 0 saturated heterocycles. The summed E-state index contributed by atoms with van der Waals surface area (Å²) in [7, 11) is 0. The summed E-state index contributed by atoms with van der Waals surface area (Å²) in [6.45, 7) is 1.86. The lowest BCUT2D eigenvalue weighted by Gasteiger charge is -2.06. The third-order valence-corrected chi connectivity index (χ3v) is 2.74. The molecular formula is C10H11F3N2OS. The van der Waals surface area contributed by atoms with E-state index in [-0.39, 0.29) is 5.91 Å². The maximum absolute atomic E-state index is 12.2. The van der Waals surface area contributed by atoms with Crippen molar-refractivity contribution in [3.63, 3.8) is 0 Å². The lowest BCUT2D eigenvalue weighted by molar-refractivity contribution is -0.137. The fourth-order valence-corrected chi connectivity index (χ4v) is 1.72. The Labute approximate surface area is 101 Å². The summed E-state index contributed by atoms with van der Waals surface area (Å²) >= 11 is 1.29. The van der Waals surface area contributed by atoms with Crippen LogP contribution in [-0.2, 0) is 11.0 Å². The normalized spacial score (nSPS) is 11.3. The number of nitrogens with zero attached hydrogens (tertiary/aromatic N) is 1. The van der Waals surface area contributed by atoms with Crippen molar-refractivity contribution in [2.24, 2.45) is 0 Å². The fraction of sp³-hybridized carbons (Fsp3) is 0.400. The standard InChI is InChI=1S/C10H11F3N2OS/c1-7(16)14-4-5-17-9-3-2-8(6-15-9)10(11,12)13/h2-3,6H,4-5H2,1H3,(H,14,16). The van der Waals surface area contributed by atoms with Crippen LogP contribution in [0.3, 0.4) is 0 Å². The second-order valence-corrected chi connectivity index (χ2v) is 4.33. The molecule has 1 amide bonds. The Bertz CT molecular complexity index is 378. The number of aromatic nitrogens is 1. The Balaban J connectivity index is 2.43. The first-order chi connectivity index (χ1) is 7.89. The predicted octanol–water partition coefficient (Wildman–Crippen LogP) is 2.33. The molecule has 1 N–H and O–H groups in total. The van der Waals surface area contributed by atoms with Gasteiger partial charge in [0.15, 0.2) is 0 Å². The Morgan fingerprint density at radius 1 is 1.47 bits per heavy atom. The zero-order chi connectivity index (χ0) is 12.9. The minimum absolute atomic E-state index is 0.133. The van der Waals surface area contributed by atoms with E-state index < -0.39 is 11.7 Å². The molecule has 0 aromatic carbocycles. The van der Waals surface area contributed by atoms with Crippen LogP contribution in [0, 0.1) is 0 Å². The Kier molecular flexibility index (Phi) is 4.80. The lowest BCUT2D eigenvalue weighted by atomic mass is 10.3. The van der Waals surface area contributed by atoms with Gasteiger partial charge in [0.25, 0.3) is 0 Å². The molecule has 1 aromatic heterocycles. The van der Waals surface area contributed by atoms with Crippen LogP contribution in [0.1, 0.15) is 12.5 Å². The first-order valence-corrected chi connectivity index (χ1v) is 5.78. The molecule has 94 valence electrons. The average molecular weight is 264 g/mol. The number of alkyl halides is 3. The van der Waals surface area contributed by atoms with Crippen LogP contribution in [0.15, 0.2) is 23.4 Å². The number of thioether (sulfide) groups is 1. The summed E-state index contributed by atoms with van der Waals surface area (Å²) in [5.74, 6) is 0.434. The molecule has 0 unspecified atom stereocenters. The van der Waals surface area contributed by atoms with Crippen LogP contribution < -0.4 is 5.32 Å². The molecule has 0 fully saturated rings. The van der Waals surface area contributed by atoms with E-state index in [1.165, 1.54) is 24.8 Å². The van der Waals surface area contributed by atoms with Gasteiger partial charge in [-0.25, -0.2) is 4.98 Å². The minimum atomic E-state index is -4.35. The Morgan fingerprint density at radius 2 is 2.18 bits per heavy atom. The molecule has 0 aliphatic heterocycles. The molecule has 17 heavy (non-hydrogen) atoms. The summed E-state index contributed by atoms with van der Waals surface area (Å²) in [5.41, 5.74) is -0.760. The molecule has 0 radical (unpaired) electrons. The monoisotopic (exact) mass is 264 g/mol. The van der Waals surface area contributed by atoms with Gasteiger partial charge in [0.05, 0.1) is 10.6 Å². The molecule has 3 nitrogen and oxygen atoms in total. The number of hydrogen-bond donors (Lipinski definition) is 1. The van der Waals surface area contributed by atoms with Crippen LogP contribution >= 0.6 is 11.8 Å². The molecule has 0 spiro atoms. The molecule has 1 heterocycles. The maximum atomic E-state index is 12.2. The van der Waals surface area contributed by atoms with E-state index in [0.717, 1.165) is 12.3 Å². The zero-order valence-corrected chi connectivity index (χ0v) is 9.86. The van der Waals surface area contributed by atoms with Crippen molar-refractivity contribution < 1.29 is 18.0 Å². The smallest absolute Gasteiger partial charge is 0.356 e. The quantitative estimate of drug-likeness (QED) is 0.670. The number of carbonyl (C=O) groups is 1. The summed E-state index contributed by atoms with van der Waals surface area (Å²) in [4.78, 5) is 14.2. The molecule has 7 heteroatoms. The summed E-state index contributed by atoms with van der Waals surface area (Å²) < 4.78 is 36.7. The van der Waals surface area contributed by atoms with Crippen LogP contribution in [0.5, 0.6) is 0 Å². The lowest BCUT2D eigenvalue weighted by Crippen LogP contribution is -2.22. The molecular weight excluding hydrogens is 253 g/mol. The van der Waals surface area contributed by atoms with Crippen molar-refractivity contribution in [3.8, 4) is 0 Å². The van der Waals surface area contributed by atoms with E-state index >= 15 is 0 Å². The van der Waals surface area contributed by atoms with E-state index in [0.29, 0.717) is 17.3 Å². The van der Waals surface area contributed by atoms with E-state index in [1.807, 2.05) is 0 Å². The van der Waals surface area contributed by atoms with Gasteiger partial charge in [0.2, 0.25) is 5.91 Å². The number of hydrogen-bond acceptors (Lipinski definition) is 3. The van der Waals surface area contributed by atoms with E-state index in [9.17, 15) is 18.0 Å². The summed E-state index contributed by atoms with van der Waals surface area (Å²) in [6, 6.07) is 2.31. The van der Waals surface area contributed by atoms with E-state index in [4.69, 9.17) is 0 Å². The van der Waals surface area contributed by atoms with Gasteiger partial charge in [-0.3, -0.25) is 4.79 Å². The van der Waals surface area contributed by atoms with Gasteiger partial charge < -0.3 is 5.32 Å². The average Bonchev–Trinajstić information content (AvgIpc) is 2.23. The highest BCUT2D eigenvalue weighted by atomic mass is 32.2. The first kappa shape index (κ1) is 13.8. The second-order valence-electron chi connectivity index (χ2n) is 3.21. The molecule has 0 saturated carbocycles. The molecule has 0 bridgehead atoms. The van der Waals surface area contributed by atoms with Crippen molar-refractivity contribution in [3.05, 3.63) is 23.9 Å². The highest BCUT2D eigenvalue weighted by Gasteiger charge is 2.30. The number of carbonyl (C=O) groups excluding carboxylic acids is 1. The number of rotatable bonds is 4. The largest absolute Gasteiger partial charge is 0.417 e. The van der Waals surface area contributed by atoms with Gasteiger partial charge in [-0.05, 0) is 12.1 Å². The number of pyridine rings is 1. The predicted molar refractivity (Wildman–Crippen MR) is 58.6 cm³/mol. The van der Waals surface area contributed by atoms with Crippen LogP contribution in [0.4, 0.5) is 13.2 Å². The molecule has 1 rings (SSSR count). The number of halogens is 3. The highest BCUT2D eigenvalue weighted by Crippen LogP contribution is 2.29. The van der Waals surface area contributed by atoms with E-state index in [1.54, 1.807) is 0 Å². The molecule has 0 aliphatic carbocycles. The number of amides is 1. The Hall–Kier alpha value is -1.24. The van der Waals surface area contributed by atoms with Crippen molar-refractivity contribution in [1.29, 1.82) is 0 Å². The van der Waals surface area contributed by atoms with Crippen molar-refractivity contribution in [2.75, 3.05) is 12.3 Å². The van der Waals surface area contributed by atoms with Crippen LogP contribution in [-0.4, -0.2) is 23.2 Å². The van der Waals surface area contributed by atoms with E-state index in [2.05, 4.69) is 10.3 Å². The topological polar surface area (TPSA) is 42.0 Å². The van der Waals surface area contributed by atoms with Crippen molar-refractivity contribution >= 4 is 17.7 Å². The third-order valence-electron chi connectivity index (χ3n) is 1.79. The molecule has 1 aromatic rings. The van der Waals surface area contributed by atoms with Crippen LogP contribution in [0.2, 0.25) is 0 Å². The molecule has 0 atom stereocenters. The maximum Gasteiger partial charge on any atom is 0.417 e. The second kappa shape index (κ2) is 5.90. The highest BCUT2D eigenvalue weighted by molar-refractivity contribution is 7.99. The van der Waals surface area contributed by atoms with Gasteiger partial charge >= 0.3 is 6.18 Å². The summed E-state index contributed by atoms with van der Waals surface area (Å²) in [6.07, 6.45) is -3.55. The SMILES string of the molecule is CC(=O)NCCSc1ccc(C(F)(F)F)cn1. The van der Waals surface area contributed by atoms with Gasteiger partial charge in [0, 0.05) is 25.4 Å². The van der Waals surface area contributed by atoms with Crippen molar-refractivity contribution in [2.45, 2.75) is 18.1 Å².